The molecule has 12 heavy (non-hydrogen) atoms. The van der Waals surface area contributed by atoms with Crippen molar-refractivity contribution in [1.29, 1.82) is 0 Å². The van der Waals surface area contributed by atoms with Crippen molar-refractivity contribution >= 4 is 29.2 Å². The summed E-state index contributed by atoms with van der Waals surface area (Å²) in [6.45, 7) is 3.97. The van der Waals surface area contributed by atoms with Gasteiger partial charge in [0.1, 0.15) is 6.10 Å². The Morgan fingerprint density at radius 3 is 2.08 bits per heavy atom. The maximum Gasteiger partial charge on any atom is 0.122 e. The Balaban J connectivity index is 3.81. The largest absolute Gasteiger partial charge is 0.393 e. The van der Waals surface area contributed by atoms with E-state index in [1.54, 1.807) is 23.5 Å². The highest BCUT2D eigenvalue weighted by Gasteiger charge is 1.99. The Morgan fingerprint density at radius 2 is 1.75 bits per heavy atom. The van der Waals surface area contributed by atoms with E-state index in [2.05, 4.69) is 17.7 Å². The third-order valence-electron chi connectivity index (χ3n) is 1.01. The van der Waals surface area contributed by atoms with Crippen LogP contribution in [0.25, 0.3) is 0 Å². The van der Waals surface area contributed by atoms with Crippen molar-refractivity contribution in [3.63, 3.8) is 0 Å². The number of rotatable bonds is 6. The zero-order chi connectivity index (χ0) is 9.40. The molecule has 0 spiro atoms. The Morgan fingerprint density at radius 1 is 1.25 bits per heavy atom. The first kappa shape index (κ1) is 12.2. The monoisotopic (exact) mass is 207 g/mol. The first-order chi connectivity index (χ1) is 5.70. The number of hydrogen-bond acceptors (Lipinski definition) is 4. The predicted molar refractivity (Wildman–Crippen MR) is 60.4 cm³/mol. The summed E-state index contributed by atoms with van der Waals surface area (Å²) in [4.78, 5) is 5.17. The van der Waals surface area contributed by atoms with E-state index < -0.39 is 0 Å². The van der Waals surface area contributed by atoms with Gasteiger partial charge in [-0.15, -0.1) is 0 Å². The smallest absolute Gasteiger partial charge is 0.122 e. The van der Waals surface area contributed by atoms with Crippen LogP contribution in [0.4, 0.5) is 0 Å². The van der Waals surface area contributed by atoms with E-state index in [9.17, 15) is 0 Å². The van der Waals surface area contributed by atoms with Crippen molar-refractivity contribution < 1.29 is 4.84 Å². The fraction of sp³-hybridized carbons (Fsp3) is 0.875. The maximum absolute atomic E-state index is 5.17. The SMILES string of the molecule is CSCC(CSC)=NOC(C)C. The van der Waals surface area contributed by atoms with Crippen molar-refractivity contribution in [2.24, 2.45) is 5.16 Å². The Bertz CT molecular complexity index is 129. The molecule has 0 unspecified atom stereocenters. The van der Waals surface area contributed by atoms with Crippen LogP contribution < -0.4 is 0 Å². The van der Waals surface area contributed by atoms with E-state index >= 15 is 0 Å². The molecule has 0 heterocycles. The molecule has 0 saturated carbocycles. The highest BCUT2D eigenvalue weighted by molar-refractivity contribution is 8.00. The Labute approximate surface area is 83.5 Å². The Hall–Kier alpha value is 0.170. The molecular weight excluding hydrogens is 190 g/mol. The fourth-order valence-electron chi connectivity index (χ4n) is 0.608. The van der Waals surface area contributed by atoms with E-state index in [0.29, 0.717) is 0 Å². The molecule has 0 N–H and O–H groups in total. The van der Waals surface area contributed by atoms with Gasteiger partial charge >= 0.3 is 0 Å². The molecule has 0 saturated heterocycles. The van der Waals surface area contributed by atoms with Gasteiger partial charge in [0.2, 0.25) is 0 Å². The number of oxime groups is 1. The lowest BCUT2D eigenvalue weighted by molar-refractivity contribution is 0.0858. The molecule has 0 aliphatic carbocycles. The van der Waals surface area contributed by atoms with E-state index in [1.807, 2.05) is 13.8 Å². The zero-order valence-electron chi connectivity index (χ0n) is 8.16. The van der Waals surface area contributed by atoms with Crippen LogP contribution in [0.1, 0.15) is 13.8 Å². The maximum atomic E-state index is 5.17. The normalized spacial score (nSPS) is 10.1. The Kier molecular flexibility index (Phi) is 7.91. The standard InChI is InChI=1S/C8H17NOS2/c1-7(2)10-9-8(5-11-3)6-12-4/h7H,5-6H2,1-4H3. The lowest BCUT2D eigenvalue weighted by Gasteiger charge is -2.05. The first-order valence-electron chi connectivity index (χ1n) is 3.90. The molecule has 0 aromatic carbocycles. The third-order valence-corrected chi connectivity index (χ3v) is 2.26. The van der Waals surface area contributed by atoms with Gasteiger partial charge < -0.3 is 4.84 Å². The van der Waals surface area contributed by atoms with Gasteiger partial charge in [-0.1, -0.05) is 5.16 Å². The van der Waals surface area contributed by atoms with Crippen molar-refractivity contribution in [3.05, 3.63) is 0 Å². The summed E-state index contributed by atoms with van der Waals surface area (Å²) >= 11 is 3.55. The quantitative estimate of drug-likeness (QED) is 0.493. The molecule has 0 aromatic rings. The summed E-state index contributed by atoms with van der Waals surface area (Å²) in [5.41, 5.74) is 1.13. The summed E-state index contributed by atoms with van der Waals surface area (Å²) < 4.78 is 0. The van der Waals surface area contributed by atoms with Gasteiger partial charge in [-0.05, 0) is 26.4 Å². The van der Waals surface area contributed by atoms with Crippen LogP contribution in [0.5, 0.6) is 0 Å². The second-order valence-electron chi connectivity index (χ2n) is 2.68. The second kappa shape index (κ2) is 7.80. The van der Waals surface area contributed by atoms with Gasteiger partial charge in [-0.3, -0.25) is 0 Å². The van der Waals surface area contributed by atoms with Crippen LogP contribution >= 0.6 is 23.5 Å². The van der Waals surface area contributed by atoms with Gasteiger partial charge in [0.25, 0.3) is 0 Å². The van der Waals surface area contributed by atoms with Gasteiger partial charge in [0, 0.05) is 11.5 Å². The first-order valence-corrected chi connectivity index (χ1v) is 6.69. The fourth-order valence-corrected chi connectivity index (χ4v) is 1.71. The van der Waals surface area contributed by atoms with E-state index in [-0.39, 0.29) is 6.10 Å². The molecule has 2 nitrogen and oxygen atoms in total. The number of nitrogens with zero attached hydrogens (tertiary/aromatic N) is 1. The topological polar surface area (TPSA) is 21.6 Å². The minimum absolute atomic E-state index is 0.184. The van der Waals surface area contributed by atoms with Crippen LogP contribution in [0.3, 0.4) is 0 Å². The average Bonchev–Trinajstić information content (AvgIpc) is 2.01. The molecule has 0 aliphatic rings. The van der Waals surface area contributed by atoms with E-state index in [0.717, 1.165) is 17.2 Å². The molecule has 0 fully saturated rings. The van der Waals surface area contributed by atoms with Crippen LogP contribution in [0.15, 0.2) is 5.16 Å². The van der Waals surface area contributed by atoms with Gasteiger partial charge in [0.15, 0.2) is 0 Å². The van der Waals surface area contributed by atoms with Crippen molar-refractivity contribution in [2.45, 2.75) is 20.0 Å². The summed E-state index contributed by atoms with van der Waals surface area (Å²) in [6.07, 6.45) is 4.33. The summed E-state index contributed by atoms with van der Waals surface area (Å²) in [7, 11) is 0. The van der Waals surface area contributed by atoms with Gasteiger partial charge in [0.05, 0.1) is 5.71 Å². The van der Waals surface area contributed by atoms with Crippen molar-refractivity contribution in [3.8, 4) is 0 Å². The summed E-state index contributed by atoms with van der Waals surface area (Å²) in [6, 6.07) is 0. The second-order valence-corrected chi connectivity index (χ2v) is 4.41. The molecule has 0 aromatic heterocycles. The predicted octanol–water partition coefficient (Wildman–Crippen LogP) is 2.49. The van der Waals surface area contributed by atoms with Gasteiger partial charge in [-0.2, -0.15) is 23.5 Å². The van der Waals surface area contributed by atoms with Crippen LogP contribution in [0.2, 0.25) is 0 Å². The van der Waals surface area contributed by atoms with E-state index in [1.165, 1.54) is 0 Å². The van der Waals surface area contributed by atoms with Crippen LogP contribution in [0, 0.1) is 0 Å². The van der Waals surface area contributed by atoms with Gasteiger partial charge in [-0.25, -0.2) is 0 Å². The highest BCUT2D eigenvalue weighted by Crippen LogP contribution is 2.02. The average molecular weight is 207 g/mol. The zero-order valence-corrected chi connectivity index (χ0v) is 9.80. The molecule has 72 valence electrons. The van der Waals surface area contributed by atoms with Crippen molar-refractivity contribution in [1.82, 2.24) is 0 Å². The number of thioether (sulfide) groups is 2. The van der Waals surface area contributed by atoms with Crippen LogP contribution in [-0.2, 0) is 4.84 Å². The molecule has 0 radical (unpaired) electrons. The minimum Gasteiger partial charge on any atom is -0.393 e. The highest BCUT2D eigenvalue weighted by atomic mass is 32.2. The third kappa shape index (κ3) is 6.85. The molecule has 0 aliphatic heterocycles. The number of hydrogen-bond donors (Lipinski definition) is 0. The van der Waals surface area contributed by atoms with Crippen LogP contribution in [-0.4, -0.2) is 35.8 Å². The summed E-state index contributed by atoms with van der Waals surface area (Å²) in [5, 5.41) is 4.08. The summed E-state index contributed by atoms with van der Waals surface area (Å²) in [5.74, 6) is 1.93. The molecule has 4 heteroatoms. The minimum atomic E-state index is 0.184. The molecular formula is C8H17NOS2. The molecule has 0 atom stereocenters. The molecule has 0 bridgehead atoms. The lowest BCUT2D eigenvalue weighted by atomic mass is 10.5. The van der Waals surface area contributed by atoms with Crippen molar-refractivity contribution in [2.75, 3.05) is 24.0 Å². The van der Waals surface area contributed by atoms with E-state index in [4.69, 9.17) is 4.84 Å². The molecule has 0 rings (SSSR count). The lowest BCUT2D eigenvalue weighted by Crippen LogP contribution is -2.08. The molecule has 0 amide bonds.